The zero-order valence-electron chi connectivity index (χ0n) is 7.49. The first kappa shape index (κ1) is 10.7. The Labute approximate surface area is 86.8 Å². The minimum atomic E-state index is -0.229. The maximum absolute atomic E-state index is 11.1. The molecule has 0 radical (unpaired) electrons. The van der Waals surface area contributed by atoms with Gasteiger partial charge in [-0.05, 0) is 17.2 Å². The van der Waals surface area contributed by atoms with E-state index in [4.69, 9.17) is 4.74 Å². The second kappa shape index (κ2) is 6.16. The van der Waals surface area contributed by atoms with E-state index in [0.29, 0.717) is 6.61 Å². The van der Waals surface area contributed by atoms with Gasteiger partial charge in [-0.2, -0.15) is 0 Å². The number of unbranched alkanes of at least 4 members (excludes halogenated alkanes) is 1. The van der Waals surface area contributed by atoms with Gasteiger partial charge in [0.1, 0.15) is 0 Å². The molecule has 13 heavy (non-hydrogen) atoms. The standard InChI is InChI=1S/C9H12O2S2/c1-2-3-4-11-8(10)7-9-12-5-6-13-9/h5-7H,2-4H2,1H3. The first-order chi connectivity index (χ1) is 6.33. The number of ether oxygens (including phenoxy) is 1. The van der Waals surface area contributed by atoms with Gasteiger partial charge in [0.2, 0.25) is 0 Å². The van der Waals surface area contributed by atoms with Gasteiger partial charge in [-0.15, -0.1) is 0 Å². The van der Waals surface area contributed by atoms with E-state index in [1.165, 1.54) is 0 Å². The van der Waals surface area contributed by atoms with Crippen LogP contribution in [0.2, 0.25) is 0 Å². The third-order valence-corrected chi connectivity index (χ3v) is 3.40. The van der Waals surface area contributed by atoms with Crippen molar-refractivity contribution >= 4 is 29.5 Å². The van der Waals surface area contributed by atoms with Crippen LogP contribution in [0.3, 0.4) is 0 Å². The van der Waals surface area contributed by atoms with Crippen molar-refractivity contribution in [2.24, 2.45) is 0 Å². The zero-order valence-corrected chi connectivity index (χ0v) is 9.12. The van der Waals surface area contributed by atoms with Crippen molar-refractivity contribution in [3.05, 3.63) is 21.1 Å². The first-order valence-electron chi connectivity index (χ1n) is 4.19. The van der Waals surface area contributed by atoms with E-state index >= 15 is 0 Å². The van der Waals surface area contributed by atoms with Crippen LogP contribution in [0, 0.1) is 0 Å². The van der Waals surface area contributed by atoms with Gasteiger partial charge in [-0.25, -0.2) is 4.79 Å². The lowest BCUT2D eigenvalue weighted by atomic mass is 10.4. The fraction of sp³-hybridized carbons (Fsp3) is 0.444. The van der Waals surface area contributed by atoms with Crippen LogP contribution in [-0.2, 0) is 9.53 Å². The van der Waals surface area contributed by atoms with Crippen molar-refractivity contribution < 1.29 is 9.53 Å². The van der Waals surface area contributed by atoms with Gasteiger partial charge >= 0.3 is 5.97 Å². The first-order valence-corrected chi connectivity index (χ1v) is 5.95. The second-order valence-electron chi connectivity index (χ2n) is 2.49. The van der Waals surface area contributed by atoms with Gasteiger partial charge in [0, 0.05) is 6.08 Å². The fourth-order valence-electron chi connectivity index (χ4n) is 0.740. The number of carbonyl (C=O) groups is 1. The van der Waals surface area contributed by atoms with Crippen LogP contribution in [0.4, 0.5) is 0 Å². The van der Waals surface area contributed by atoms with E-state index < -0.39 is 0 Å². The van der Waals surface area contributed by atoms with Crippen molar-refractivity contribution in [1.29, 1.82) is 0 Å². The predicted molar refractivity (Wildman–Crippen MR) is 58.3 cm³/mol. The molecule has 0 saturated heterocycles. The molecular formula is C9H12O2S2. The van der Waals surface area contributed by atoms with Gasteiger partial charge in [-0.1, -0.05) is 36.9 Å². The quantitative estimate of drug-likeness (QED) is 0.410. The molecule has 1 rings (SSSR count). The third-order valence-electron chi connectivity index (χ3n) is 1.40. The summed E-state index contributed by atoms with van der Waals surface area (Å²) < 4.78 is 5.96. The van der Waals surface area contributed by atoms with Gasteiger partial charge < -0.3 is 4.74 Å². The molecule has 2 nitrogen and oxygen atoms in total. The SMILES string of the molecule is CCCCOC(=O)C=C1SC=CS1. The van der Waals surface area contributed by atoms with Crippen LogP contribution >= 0.6 is 23.5 Å². The number of thioether (sulfide) groups is 2. The topological polar surface area (TPSA) is 26.3 Å². The summed E-state index contributed by atoms with van der Waals surface area (Å²) >= 11 is 3.11. The van der Waals surface area contributed by atoms with E-state index in [2.05, 4.69) is 6.92 Å². The van der Waals surface area contributed by atoms with Crippen molar-refractivity contribution in [1.82, 2.24) is 0 Å². The lowest BCUT2D eigenvalue weighted by Gasteiger charge is -1.99. The number of esters is 1. The number of rotatable bonds is 4. The van der Waals surface area contributed by atoms with Crippen LogP contribution in [0.15, 0.2) is 21.1 Å². The van der Waals surface area contributed by atoms with Gasteiger partial charge in [0.05, 0.1) is 10.8 Å². The molecule has 1 heterocycles. The Kier molecular flexibility index (Phi) is 5.08. The molecule has 72 valence electrons. The maximum Gasteiger partial charge on any atom is 0.332 e. The predicted octanol–water partition coefficient (Wildman–Crippen LogP) is 3.12. The average Bonchev–Trinajstić information content (AvgIpc) is 2.57. The molecule has 0 amide bonds. The van der Waals surface area contributed by atoms with Gasteiger partial charge in [-0.3, -0.25) is 0 Å². The Morgan fingerprint density at radius 1 is 1.54 bits per heavy atom. The highest BCUT2D eigenvalue weighted by Crippen LogP contribution is 2.37. The van der Waals surface area contributed by atoms with Crippen LogP contribution in [0.25, 0.3) is 0 Å². The van der Waals surface area contributed by atoms with E-state index in [0.717, 1.165) is 17.1 Å². The molecule has 0 aromatic rings. The van der Waals surface area contributed by atoms with Gasteiger partial charge in [0.25, 0.3) is 0 Å². The summed E-state index contributed by atoms with van der Waals surface area (Å²) in [5, 5.41) is 3.91. The largest absolute Gasteiger partial charge is 0.462 e. The summed E-state index contributed by atoms with van der Waals surface area (Å²) in [7, 11) is 0. The zero-order chi connectivity index (χ0) is 9.52. The Morgan fingerprint density at radius 2 is 2.23 bits per heavy atom. The summed E-state index contributed by atoms with van der Waals surface area (Å²) in [5.74, 6) is -0.229. The molecule has 0 atom stereocenters. The minimum absolute atomic E-state index is 0.229. The van der Waals surface area contributed by atoms with E-state index in [1.807, 2.05) is 10.8 Å². The van der Waals surface area contributed by atoms with Crippen molar-refractivity contribution in [2.75, 3.05) is 6.61 Å². The Hall–Kier alpha value is -0.350. The Balaban J connectivity index is 2.20. The molecule has 0 spiro atoms. The smallest absolute Gasteiger partial charge is 0.332 e. The van der Waals surface area contributed by atoms with Gasteiger partial charge in [0.15, 0.2) is 0 Å². The lowest BCUT2D eigenvalue weighted by molar-refractivity contribution is -0.137. The molecule has 0 aromatic heterocycles. The molecule has 0 saturated carbocycles. The van der Waals surface area contributed by atoms with Crippen LogP contribution < -0.4 is 0 Å². The maximum atomic E-state index is 11.1. The number of hydrogen-bond donors (Lipinski definition) is 0. The summed E-state index contributed by atoms with van der Waals surface area (Å²) in [4.78, 5) is 11.1. The van der Waals surface area contributed by atoms with E-state index in [1.54, 1.807) is 29.6 Å². The van der Waals surface area contributed by atoms with Crippen LogP contribution in [0.5, 0.6) is 0 Å². The van der Waals surface area contributed by atoms with E-state index in [9.17, 15) is 4.79 Å². The molecule has 0 aliphatic carbocycles. The molecule has 1 aliphatic heterocycles. The lowest BCUT2D eigenvalue weighted by Crippen LogP contribution is -2.02. The van der Waals surface area contributed by atoms with Crippen LogP contribution in [-0.4, -0.2) is 12.6 Å². The summed E-state index contributed by atoms with van der Waals surface area (Å²) in [6.07, 6.45) is 3.54. The summed E-state index contributed by atoms with van der Waals surface area (Å²) in [6, 6.07) is 0. The summed E-state index contributed by atoms with van der Waals surface area (Å²) in [5.41, 5.74) is 0. The second-order valence-corrected chi connectivity index (χ2v) is 4.65. The highest BCUT2D eigenvalue weighted by atomic mass is 32.2. The Bertz CT molecular complexity index is 224. The molecule has 0 N–H and O–H groups in total. The van der Waals surface area contributed by atoms with Crippen LogP contribution in [0.1, 0.15) is 19.8 Å². The van der Waals surface area contributed by atoms with E-state index in [-0.39, 0.29) is 5.97 Å². The van der Waals surface area contributed by atoms with Crippen molar-refractivity contribution in [3.8, 4) is 0 Å². The third kappa shape index (κ3) is 4.43. The monoisotopic (exact) mass is 216 g/mol. The molecule has 0 aromatic carbocycles. The number of hydrogen-bond acceptors (Lipinski definition) is 4. The molecule has 0 bridgehead atoms. The molecular weight excluding hydrogens is 204 g/mol. The molecule has 0 unspecified atom stereocenters. The Morgan fingerprint density at radius 3 is 2.85 bits per heavy atom. The fourth-order valence-corrected chi connectivity index (χ4v) is 2.34. The highest BCUT2D eigenvalue weighted by Gasteiger charge is 2.05. The molecule has 4 heteroatoms. The molecule has 1 aliphatic rings. The van der Waals surface area contributed by atoms with Crippen molar-refractivity contribution in [2.45, 2.75) is 19.8 Å². The number of carbonyl (C=O) groups excluding carboxylic acids is 1. The highest BCUT2D eigenvalue weighted by molar-refractivity contribution is 8.27. The molecule has 0 fully saturated rings. The summed E-state index contributed by atoms with van der Waals surface area (Å²) in [6.45, 7) is 2.60. The average molecular weight is 216 g/mol. The van der Waals surface area contributed by atoms with Crippen molar-refractivity contribution in [3.63, 3.8) is 0 Å². The minimum Gasteiger partial charge on any atom is -0.462 e. The normalized spacial score (nSPS) is 14.7.